The SMILES string of the molecule is CCCCSC(C)C(=O)N1CCCC(CNC)C1.Cl. The zero-order valence-electron chi connectivity index (χ0n) is 12.5. The first kappa shape index (κ1) is 19.1. The predicted molar refractivity (Wildman–Crippen MR) is 87.3 cm³/mol. The van der Waals surface area contributed by atoms with Gasteiger partial charge < -0.3 is 10.2 Å². The lowest BCUT2D eigenvalue weighted by Crippen LogP contribution is -2.45. The predicted octanol–water partition coefficient (Wildman–Crippen LogP) is 2.79. The van der Waals surface area contributed by atoms with Crippen LogP contribution in [0.15, 0.2) is 0 Å². The smallest absolute Gasteiger partial charge is 0.235 e. The normalized spacial score (nSPS) is 20.8. The molecule has 1 aliphatic rings. The fourth-order valence-corrected chi connectivity index (χ4v) is 3.55. The van der Waals surface area contributed by atoms with Crippen LogP contribution in [-0.4, -0.2) is 48.5 Å². The van der Waals surface area contributed by atoms with Crippen LogP contribution >= 0.6 is 24.2 Å². The van der Waals surface area contributed by atoms with Gasteiger partial charge in [-0.3, -0.25) is 4.79 Å². The van der Waals surface area contributed by atoms with Crippen LogP contribution in [0.5, 0.6) is 0 Å². The lowest BCUT2D eigenvalue weighted by molar-refractivity contribution is -0.132. The molecule has 1 fully saturated rings. The number of rotatable bonds is 7. The molecule has 1 amide bonds. The Bertz CT molecular complexity index is 252. The van der Waals surface area contributed by atoms with Crippen molar-refractivity contribution in [2.45, 2.75) is 44.8 Å². The Balaban J connectivity index is 0.00000324. The van der Waals surface area contributed by atoms with Crippen molar-refractivity contribution in [3.63, 3.8) is 0 Å². The molecule has 0 spiro atoms. The van der Waals surface area contributed by atoms with Crippen molar-refractivity contribution in [2.75, 3.05) is 32.4 Å². The molecule has 2 unspecified atom stereocenters. The number of hydrogen-bond acceptors (Lipinski definition) is 3. The van der Waals surface area contributed by atoms with E-state index in [0.717, 1.165) is 31.8 Å². The Morgan fingerprint density at radius 2 is 2.26 bits per heavy atom. The molecule has 1 aliphatic heterocycles. The fourth-order valence-electron chi connectivity index (χ4n) is 2.45. The van der Waals surface area contributed by atoms with Gasteiger partial charge >= 0.3 is 0 Å². The average molecular weight is 309 g/mol. The van der Waals surface area contributed by atoms with Gasteiger partial charge in [0.15, 0.2) is 0 Å². The number of halogens is 1. The van der Waals surface area contributed by atoms with Crippen molar-refractivity contribution in [1.29, 1.82) is 0 Å². The second-order valence-corrected chi connectivity index (χ2v) is 6.67. The highest BCUT2D eigenvalue weighted by Gasteiger charge is 2.26. The molecule has 0 radical (unpaired) electrons. The van der Waals surface area contributed by atoms with E-state index in [9.17, 15) is 4.79 Å². The number of nitrogens with one attached hydrogen (secondary N) is 1. The molecule has 0 saturated carbocycles. The molecule has 3 nitrogen and oxygen atoms in total. The summed E-state index contributed by atoms with van der Waals surface area (Å²) in [4.78, 5) is 14.4. The van der Waals surface area contributed by atoms with Gasteiger partial charge in [0.2, 0.25) is 5.91 Å². The van der Waals surface area contributed by atoms with Crippen molar-refractivity contribution in [2.24, 2.45) is 5.92 Å². The first-order chi connectivity index (χ1) is 8.69. The van der Waals surface area contributed by atoms with Crippen LogP contribution in [0.1, 0.15) is 39.5 Å². The highest BCUT2D eigenvalue weighted by atomic mass is 35.5. The van der Waals surface area contributed by atoms with Gasteiger partial charge in [0.05, 0.1) is 5.25 Å². The lowest BCUT2D eigenvalue weighted by Gasteiger charge is -2.34. The minimum Gasteiger partial charge on any atom is -0.341 e. The number of piperidine rings is 1. The van der Waals surface area contributed by atoms with Crippen molar-refractivity contribution in [3.05, 3.63) is 0 Å². The van der Waals surface area contributed by atoms with E-state index in [-0.39, 0.29) is 17.7 Å². The molecule has 0 bridgehead atoms. The number of thioether (sulfide) groups is 1. The number of nitrogens with zero attached hydrogens (tertiary/aromatic N) is 1. The van der Waals surface area contributed by atoms with Crippen molar-refractivity contribution < 1.29 is 4.79 Å². The number of amides is 1. The average Bonchev–Trinajstić information content (AvgIpc) is 2.39. The molecule has 114 valence electrons. The summed E-state index contributed by atoms with van der Waals surface area (Å²) in [5.74, 6) is 2.09. The second-order valence-electron chi connectivity index (χ2n) is 5.22. The molecule has 19 heavy (non-hydrogen) atoms. The van der Waals surface area contributed by atoms with E-state index in [1.165, 1.54) is 19.3 Å². The van der Waals surface area contributed by atoms with Gasteiger partial charge in [0, 0.05) is 13.1 Å². The third-order valence-electron chi connectivity index (χ3n) is 3.54. The summed E-state index contributed by atoms with van der Waals surface area (Å²) in [6.45, 7) is 7.18. The van der Waals surface area contributed by atoms with E-state index >= 15 is 0 Å². The maximum absolute atomic E-state index is 12.3. The first-order valence-electron chi connectivity index (χ1n) is 7.24. The van der Waals surface area contributed by atoms with Crippen LogP contribution in [-0.2, 0) is 4.79 Å². The molecule has 1 saturated heterocycles. The molecule has 1 N–H and O–H groups in total. The first-order valence-corrected chi connectivity index (χ1v) is 8.28. The molecule has 1 heterocycles. The van der Waals surface area contributed by atoms with Gasteiger partial charge in [-0.05, 0) is 51.4 Å². The van der Waals surface area contributed by atoms with Gasteiger partial charge in [-0.2, -0.15) is 0 Å². The summed E-state index contributed by atoms with van der Waals surface area (Å²) < 4.78 is 0. The topological polar surface area (TPSA) is 32.3 Å². The van der Waals surface area contributed by atoms with E-state index in [0.29, 0.717) is 11.8 Å². The molecule has 0 aromatic carbocycles. The Morgan fingerprint density at radius 3 is 2.89 bits per heavy atom. The zero-order valence-corrected chi connectivity index (χ0v) is 14.1. The van der Waals surface area contributed by atoms with Gasteiger partial charge in [0.1, 0.15) is 0 Å². The summed E-state index contributed by atoms with van der Waals surface area (Å²) in [6, 6.07) is 0. The highest BCUT2D eigenvalue weighted by molar-refractivity contribution is 8.00. The molecule has 5 heteroatoms. The fraction of sp³-hybridized carbons (Fsp3) is 0.929. The summed E-state index contributed by atoms with van der Waals surface area (Å²) in [6.07, 6.45) is 4.83. The zero-order chi connectivity index (χ0) is 13.4. The van der Waals surface area contributed by atoms with Crippen molar-refractivity contribution in [3.8, 4) is 0 Å². The third kappa shape index (κ3) is 6.87. The molecular formula is C14H29ClN2OS. The van der Waals surface area contributed by atoms with Gasteiger partial charge in [-0.1, -0.05) is 13.3 Å². The van der Waals surface area contributed by atoms with E-state index in [1.807, 2.05) is 18.8 Å². The minimum atomic E-state index is 0. The Morgan fingerprint density at radius 1 is 1.53 bits per heavy atom. The van der Waals surface area contributed by atoms with Crippen LogP contribution in [0.25, 0.3) is 0 Å². The van der Waals surface area contributed by atoms with Gasteiger partial charge in [-0.25, -0.2) is 0 Å². The quantitative estimate of drug-likeness (QED) is 0.734. The molecule has 0 aromatic rings. The lowest BCUT2D eigenvalue weighted by atomic mass is 9.98. The Hall–Kier alpha value is 0.0700. The van der Waals surface area contributed by atoms with Crippen LogP contribution in [0.3, 0.4) is 0 Å². The Labute approximate surface area is 128 Å². The summed E-state index contributed by atoms with van der Waals surface area (Å²) >= 11 is 1.81. The number of carbonyl (C=O) groups excluding carboxylic acids is 1. The highest BCUT2D eigenvalue weighted by Crippen LogP contribution is 2.20. The maximum Gasteiger partial charge on any atom is 0.235 e. The largest absolute Gasteiger partial charge is 0.341 e. The number of unbranched alkanes of at least 4 members (excludes halogenated alkanes) is 1. The third-order valence-corrected chi connectivity index (χ3v) is 4.76. The monoisotopic (exact) mass is 308 g/mol. The standard InChI is InChI=1S/C14H28N2OS.ClH/c1-4-5-9-18-12(2)14(17)16-8-6-7-13(11-16)10-15-3;/h12-13,15H,4-11H2,1-3H3;1H. The summed E-state index contributed by atoms with van der Waals surface area (Å²) in [5.41, 5.74) is 0. The molecule has 2 atom stereocenters. The molecule has 1 rings (SSSR count). The summed E-state index contributed by atoms with van der Waals surface area (Å²) in [7, 11) is 1.99. The maximum atomic E-state index is 12.3. The molecule has 0 aliphatic carbocycles. The van der Waals surface area contributed by atoms with E-state index < -0.39 is 0 Å². The van der Waals surface area contributed by atoms with Crippen molar-refractivity contribution in [1.82, 2.24) is 10.2 Å². The summed E-state index contributed by atoms with van der Waals surface area (Å²) in [5, 5.41) is 3.35. The second kappa shape index (κ2) is 10.8. The molecular weight excluding hydrogens is 280 g/mol. The van der Waals surface area contributed by atoms with Gasteiger partial charge in [-0.15, -0.1) is 24.2 Å². The van der Waals surface area contributed by atoms with Crippen LogP contribution in [0.2, 0.25) is 0 Å². The van der Waals surface area contributed by atoms with Gasteiger partial charge in [0.25, 0.3) is 0 Å². The van der Waals surface area contributed by atoms with Crippen LogP contribution < -0.4 is 5.32 Å². The number of hydrogen-bond donors (Lipinski definition) is 1. The number of likely N-dealkylation sites (tertiary alicyclic amines) is 1. The van der Waals surface area contributed by atoms with Crippen LogP contribution in [0, 0.1) is 5.92 Å². The Kier molecular flexibility index (Phi) is 10.8. The minimum absolute atomic E-state index is 0. The van der Waals surface area contributed by atoms with E-state index in [2.05, 4.69) is 24.1 Å². The van der Waals surface area contributed by atoms with E-state index in [1.54, 1.807) is 0 Å². The van der Waals surface area contributed by atoms with E-state index in [4.69, 9.17) is 0 Å². The van der Waals surface area contributed by atoms with Crippen molar-refractivity contribution >= 4 is 30.1 Å². The number of carbonyl (C=O) groups is 1. The molecule has 0 aromatic heterocycles. The van der Waals surface area contributed by atoms with Crippen LogP contribution in [0.4, 0.5) is 0 Å².